The van der Waals surface area contributed by atoms with Crippen LogP contribution in [-0.4, -0.2) is 18.0 Å². The second kappa shape index (κ2) is 6.15. The minimum Gasteiger partial charge on any atom is -0.459 e. The molecule has 0 aliphatic heterocycles. The van der Waals surface area contributed by atoms with Gasteiger partial charge in [-0.1, -0.05) is 0 Å². The topological polar surface area (TPSA) is 55.4 Å². The van der Waals surface area contributed by atoms with Gasteiger partial charge in [-0.15, -0.1) is 0 Å². The summed E-state index contributed by atoms with van der Waals surface area (Å²) in [5, 5.41) is 3.11. The number of nitrogens with one attached hydrogen (secondary N) is 1. The number of carbonyl (C=O) groups excluding carboxylic acids is 2. The lowest BCUT2D eigenvalue weighted by molar-refractivity contribution is -0.140. The maximum absolute atomic E-state index is 13.0. The van der Waals surface area contributed by atoms with E-state index in [-0.39, 0.29) is 23.4 Å². The number of anilines is 1. The van der Waals surface area contributed by atoms with Crippen molar-refractivity contribution in [2.24, 2.45) is 23.2 Å². The molecule has 4 fully saturated rings. The minimum absolute atomic E-state index is 0.136. The molecule has 4 aliphatic carbocycles. The molecule has 0 saturated heterocycles. The molecule has 1 aromatic carbocycles. The van der Waals surface area contributed by atoms with Crippen molar-refractivity contribution in [2.75, 3.05) is 5.32 Å². The molecule has 0 heterocycles. The lowest BCUT2D eigenvalue weighted by Crippen LogP contribution is -2.51. The van der Waals surface area contributed by atoms with Crippen LogP contribution in [0.15, 0.2) is 24.3 Å². The van der Waals surface area contributed by atoms with Gasteiger partial charge in [-0.2, -0.15) is 0 Å². The highest BCUT2D eigenvalue weighted by Gasteiger charge is 2.54. The largest absolute Gasteiger partial charge is 0.459 e. The number of rotatable bonds is 4. The molecule has 5 rings (SSSR count). The molecule has 4 aliphatic rings. The third-order valence-corrected chi connectivity index (χ3v) is 6.24. The van der Waals surface area contributed by atoms with E-state index in [0.29, 0.717) is 5.56 Å². The van der Waals surface area contributed by atoms with Crippen LogP contribution in [0.2, 0.25) is 0 Å². The van der Waals surface area contributed by atoms with Crippen LogP contribution in [0.4, 0.5) is 5.69 Å². The average molecular weight is 341 g/mol. The highest BCUT2D eigenvalue weighted by molar-refractivity contribution is 5.96. The number of esters is 1. The fraction of sp³-hybridized carbons (Fsp3) is 0.619. The van der Waals surface area contributed by atoms with Crippen LogP contribution >= 0.6 is 0 Å². The summed E-state index contributed by atoms with van der Waals surface area (Å²) in [5.74, 6) is 2.12. The fourth-order valence-corrected chi connectivity index (χ4v) is 5.62. The molecule has 4 bridgehead atoms. The van der Waals surface area contributed by atoms with Gasteiger partial charge in [0.1, 0.15) is 0 Å². The third kappa shape index (κ3) is 3.19. The van der Waals surface area contributed by atoms with Crippen LogP contribution in [0.1, 0.15) is 62.7 Å². The van der Waals surface area contributed by atoms with Gasteiger partial charge < -0.3 is 10.1 Å². The van der Waals surface area contributed by atoms with E-state index in [9.17, 15) is 9.59 Å². The SMILES string of the molecule is CC(C)OC(=O)c1ccc(NC(=O)C23CC4CC(CC(C4)C2)C3)cc1. The van der Waals surface area contributed by atoms with Crippen LogP contribution in [0.25, 0.3) is 0 Å². The number of hydrogen-bond donors (Lipinski definition) is 1. The first-order chi connectivity index (χ1) is 11.9. The lowest BCUT2D eigenvalue weighted by atomic mass is 9.49. The van der Waals surface area contributed by atoms with Crippen molar-refractivity contribution in [3.63, 3.8) is 0 Å². The molecule has 1 N–H and O–H groups in total. The normalized spacial score (nSPS) is 32.7. The number of amides is 1. The van der Waals surface area contributed by atoms with Crippen molar-refractivity contribution in [1.82, 2.24) is 0 Å². The van der Waals surface area contributed by atoms with E-state index in [1.54, 1.807) is 24.3 Å². The minimum atomic E-state index is -0.325. The Kier molecular flexibility index (Phi) is 4.09. The van der Waals surface area contributed by atoms with E-state index in [1.807, 2.05) is 13.8 Å². The molecule has 0 radical (unpaired) electrons. The molecular formula is C21H27NO3. The van der Waals surface area contributed by atoms with Gasteiger partial charge in [0, 0.05) is 5.69 Å². The quantitative estimate of drug-likeness (QED) is 0.826. The van der Waals surface area contributed by atoms with Gasteiger partial charge in [-0.05, 0) is 94.4 Å². The maximum atomic E-state index is 13.0. The molecule has 0 atom stereocenters. The van der Waals surface area contributed by atoms with Crippen molar-refractivity contribution in [2.45, 2.75) is 58.5 Å². The molecule has 0 unspecified atom stereocenters. The highest BCUT2D eigenvalue weighted by Crippen LogP contribution is 2.60. The number of hydrogen-bond acceptors (Lipinski definition) is 3. The molecule has 134 valence electrons. The predicted octanol–water partition coefficient (Wildman–Crippen LogP) is 4.41. The molecule has 4 saturated carbocycles. The smallest absolute Gasteiger partial charge is 0.338 e. The van der Waals surface area contributed by atoms with Crippen molar-refractivity contribution >= 4 is 17.6 Å². The molecule has 25 heavy (non-hydrogen) atoms. The van der Waals surface area contributed by atoms with E-state index < -0.39 is 0 Å². The average Bonchev–Trinajstić information content (AvgIpc) is 2.53. The van der Waals surface area contributed by atoms with Crippen molar-refractivity contribution < 1.29 is 14.3 Å². The van der Waals surface area contributed by atoms with Gasteiger partial charge in [0.2, 0.25) is 5.91 Å². The molecule has 1 aromatic rings. The predicted molar refractivity (Wildman–Crippen MR) is 96.2 cm³/mol. The molecular weight excluding hydrogens is 314 g/mol. The summed E-state index contributed by atoms with van der Waals surface area (Å²) >= 11 is 0. The third-order valence-electron chi connectivity index (χ3n) is 6.24. The van der Waals surface area contributed by atoms with Gasteiger partial charge in [0.25, 0.3) is 0 Å². The second-order valence-corrected chi connectivity index (χ2v) is 8.68. The summed E-state index contributed by atoms with van der Waals surface area (Å²) in [6, 6.07) is 7.05. The van der Waals surface area contributed by atoms with Gasteiger partial charge in [0.15, 0.2) is 0 Å². The second-order valence-electron chi connectivity index (χ2n) is 8.68. The molecule has 1 amide bonds. The Morgan fingerprint density at radius 1 is 1.00 bits per heavy atom. The number of benzene rings is 1. The first kappa shape index (κ1) is 16.6. The van der Waals surface area contributed by atoms with E-state index >= 15 is 0 Å². The van der Waals surface area contributed by atoms with Crippen LogP contribution in [0.5, 0.6) is 0 Å². The van der Waals surface area contributed by atoms with E-state index in [2.05, 4.69) is 5.32 Å². The zero-order valence-corrected chi connectivity index (χ0v) is 15.1. The van der Waals surface area contributed by atoms with Gasteiger partial charge in [-0.3, -0.25) is 4.79 Å². The maximum Gasteiger partial charge on any atom is 0.338 e. The Balaban J connectivity index is 1.44. The Morgan fingerprint density at radius 3 is 2.00 bits per heavy atom. The first-order valence-electron chi connectivity index (χ1n) is 9.56. The Morgan fingerprint density at radius 2 is 1.52 bits per heavy atom. The first-order valence-corrected chi connectivity index (χ1v) is 9.56. The van der Waals surface area contributed by atoms with Crippen molar-refractivity contribution in [3.05, 3.63) is 29.8 Å². The van der Waals surface area contributed by atoms with Gasteiger partial charge in [-0.25, -0.2) is 4.79 Å². The summed E-state index contributed by atoms with van der Waals surface area (Å²) in [6.45, 7) is 3.66. The van der Waals surface area contributed by atoms with E-state index in [4.69, 9.17) is 4.74 Å². The number of ether oxygens (including phenoxy) is 1. The molecule has 0 aromatic heterocycles. The summed E-state index contributed by atoms with van der Waals surface area (Å²) in [7, 11) is 0. The van der Waals surface area contributed by atoms with Crippen molar-refractivity contribution in [3.8, 4) is 0 Å². The van der Waals surface area contributed by atoms with E-state index in [0.717, 1.165) is 42.7 Å². The Labute approximate surface area is 149 Å². The summed E-state index contributed by atoms with van der Waals surface area (Å²) < 4.78 is 5.20. The fourth-order valence-electron chi connectivity index (χ4n) is 5.62. The van der Waals surface area contributed by atoms with Gasteiger partial charge >= 0.3 is 5.97 Å². The number of carbonyl (C=O) groups is 2. The zero-order chi connectivity index (χ0) is 17.6. The molecule has 4 nitrogen and oxygen atoms in total. The standard InChI is InChI=1S/C21H27NO3/c1-13(2)25-19(23)17-3-5-18(6-4-17)22-20(24)21-10-14-7-15(11-21)9-16(8-14)12-21/h3-6,13-16H,7-12H2,1-2H3,(H,22,24). The van der Waals surface area contributed by atoms with Crippen LogP contribution in [0, 0.1) is 23.2 Å². The van der Waals surface area contributed by atoms with Crippen LogP contribution in [0.3, 0.4) is 0 Å². The summed E-state index contributed by atoms with van der Waals surface area (Å²) in [5.41, 5.74) is 1.13. The van der Waals surface area contributed by atoms with Gasteiger partial charge in [0.05, 0.1) is 17.1 Å². The van der Waals surface area contributed by atoms with Crippen molar-refractivity contribution in [1.29, 1.82) is 0 Å². The monoisotopic (exact) mass is 341 g/mol. The molecule has 4 heteroatoms. The zero-order valence-electron chi connectivity index (χ0n) is 15.1. The van der Waals surface area contributed by atoms with E-state index in [1.165, 1.54) is 19.3 Å². The lowest BCUT2D eigenvalue weighted by Gasteiger charge is -2.55. The summed E-state index contributed by atoms with van der Waals surface area (Å²) in [4.78, 5) is 24.9. The molecule has 0 spiro atoms. The van der Waals surface area contributed by atoms with Crippen LogP contribution in [-0.2, 0) is 9.53 Å². The Bertz CT molecular complexity index is 642. The summed E-state index contributed by atoms with van der Waals surface area (Å²) in [6.07, 6.45) is 7.04. The highest BCUT2D eigenvalue weighted by atomic mass is 16.5. The Hall–Kier alpha value is -1.84. The van der Waals surface area contributed by atoms with Crippen LogP contribution < -0.4 is 5.32 Å².